The average molecular weight is 344 g/mol. The molecular formula is C11H10BrN3OS2. The van der Waals surface area contributed by atoms with Crippen LogP contribution in [0.15, 0.2) is 32.8 Å². The van der Waals surface area contributed by atoms with E-state index in [0.717, 1.165) is 32.8 Å². The van der Waals surface area contributed by atoms with Gasteiger partial charge in [0.2, 0.25) is 0 Å². The molecule has 1 aromatic carbocycles. The van der Waals surface area contributed by atoms with E-state index >= 15 is 0 Å². The van der Waals surface area contributed by atoms with Crippen LogP contribution >= 0.6 is 39.5 Å². The van der Waals surface area contributed by atoms with Crippen molar-refractivity contribution in [3.8, 4) is 0 Å². The molecule has 4 N–H and O–H groups in total. The number of halogens is 1. The Morgan fingerprint density at radius 3 is 2.89 bits per heavy atom. The third-order valence-corrected chi connectivity index (χ3v) is 3.88. The van der Waals surface area contributed by atoms with E-state index in [1.165, 1.54) is 0 Å². The summed E-state index contributed by atoms with van der Waals surface area (Å²) in [6.07, 6.45) is 0. The molecule has 18 heavy (non-hydrogen) atoms. The Morgan fingerprint density at radius 2 is 2.33 bits per heavy atom. The minimum Gasteiger partial charge on any atom is -0.389 e. The van der Waals surface area contributed by atoms with Gasteiger partial charge < -0.3 is 16.0 Å². The van der Waals surface area contributed by atoms with Crippen LogP contribution in [0.2, 0.25) is 0 Å². The highest BCUT2D eigenvalue weighted by Crippen LogP contribution is 2.21. The number of anilines is 1. The number of aromatic amines is 1. The second-order valence-corrected chi connectivity index (χ2v) is 5.72. The Hall–Kier alpha value is -1.18. The van der Waals surface area contributed by atoms with Gasteiger partial charge in [-0.25, -0.2) is 0 Å². The molecule has 0 aliphatic carbocycles. The van der Waals surface area contributed by atoms with Crippen LogP contribution in [-0.4, -0.2) is 9.97 Å². The van der Waals surface area contributed by atoms with E-state index in [4.69, 9.17) is 18.0 Å². The number of aromatic nitrogens is 1. The number of H-pyrrole nitrogens is 1. The summed E-state index contributed by atoms with van der Waals surface area (Å²) in [5, 5.41) is 5.00. The first-order valence-electron chi connectivity index (χ1n) is 5.06. The molecule has 0 saturated heterocycles. The molecule has 0 fully saturated rings. The summed E-state index contributed by atoms with van der Waals surface area (Å²) in [5.74, 6) is 0. The van der Waals surface area contributed by atoms with Gasteiger partial charge in [-0.1, -0.05) is 23.6 Å². The predicted molar refractivity (Wildman–Crippen MR) is 82.3 cm³/mol. The van der Waals surface area contributed by atoms with Crippen molar-refractivity contribution in [3.63, 3.8) is 0 Å². The molecule has 0 aliphatic rings. The predicted octanol–water partition coefficient (Wildman–Crippen LogP) is 2.45. The molecule has 0 spiro atoms. The number of hydrogen-bond donors (Lipinski definition) is 3. The van der Waals surface area contributed by atoms with Crippen LogP contribution in [-0.2, 0) is 6.54 Å². The summed E-state index contributed by atoms with van der Waals surface area (Å²) in [5.41, 5.74) is 8.17. The van der Waals surface area contributed by atoms with E-state index in [0.29, 0.717) is 11.5 Å². The van der Waals surface area contributed by atoms with E-state index in [1.54, 1.807) is 5.38 Å². The van der Waals surface area contributed by atoms with Gasteiger partial charge in [-0.05, 0) is 34.1 Å². The van der Waals surface area contributed by atoms with Crippen LogP contribution in [0.5, 0.6) is 0 Å². The lowest BCUT2D eigenvalue weighted by molar-refractivity contribution is 1.06. The highest BCUT2D eigenvalue weighted by Gasteiger charge is 2.04. The SMILES string of the molecule is NC(=S)c1ccc(NCc2csc(=O)[nH]2)cc1Br. The molecule has 0 saturated carbocycles. The third-order valence-electron chi connectivity index (χ3n) is 2.29. The molecule has 0 unspecified atom stereocenters. The fourth-order valence-electron chi connectivity index (χ4n) is 1.42. The molecule has 94 valence electrons. The number of nitrogens with one attached hydrogen (secondary N) is 2. The second kappa shape index (κ2) is 5.64. The van der Waals surface area contributed by atoms with Gasteiger partial charge in [0.1, 0.15) is 4.99 Å². The number of rotatable bonds is 4. The minimum atomic E-state index is -0.0446. The summed E-state index contributed by atoms with van der Waals surface area (Å²) in [6, 6.07) is 5.65. The maximum Gasteiger partial charge on any atom is 0.304 e. The average Bonchev–Trinajstić information content (AvgIpc) is 2.72. The van der Waals surface area contributed by atoms with Crippen LogP contribution in [0.3, 0.4) is 0 Å². The van der Waals surface area contributed by atoms with Gasteiger partial charge in [-0.2, -0.15) is 0 Å². The fraction of sp³-hybridized carbons (Fsp3) is 0.0909. The van der Waals surface area contributed by atoms with E-state index in [9.17, 15) is 4.79 Å². The quantitative estimate of drug-likeness (QED) is 0.745. The van der Waals surface area contributed by atoms with Gasteiger partial charge in [0.25, 0.3) is 0 Å². The van der Waals surface area contributed by atoms with Crippen molar-refractivity contribution in [2.24, 2.45) is 5.73 Å². The highest BCUT2D eigenvalue weighted by molar-refractivity contribution is 9.10. The number of thiocarbonyl (C=S) groups is 1. The van der Waals surface area contributed by atoms with E-state index in [2.05, 4.69) is 26.2 Å². The molecule has 0 bridgehead atoms. The monoisotopic (exact) mass is 343 g/mol. The zero-order chi connectivity index (χ0) is 13.1. The minimum absolute atomic E-state index is 0.0446. The first-order chi connectivity index (χ1) is 8.56. The Balaban J connectivity index is 2.08. The Labute approximate surface area is 121 Å². The molecule has 2 aromatic rings. The summed E-state index contributed by atoms with van der Waals surface area (Å²) >= 11 is 9.50. The van der Waals surface area contributed by atoms with E-state index < -0.39 is 0 Å². The number of thiazole rings is 1. The number of nitrogens with two attached hydrogens (primary N) is 1. The van der Waals surface area contributed by atoms with Crippen molar-refractivity contribution >= 4 is 50.2 Å². The van der Waals surface area contributed by atoms with Crippen molar-refractivity contribution in [2.45, 2.75) is 6.54 Å². The van der Waals surface area contributed by atoms with Crippen LogP contribution in [0.25, 0.3) is 0 Å². The summed E-state index contributed by atoms with van der Waals surface area (Å²) < 4.78 is 0.846. The van der Waals surface area contributed by atoms with Gasteiger partial charge in [-0.15, -0.1) is 0 Å². The molecule has 0 radical (unpaired) electrons. The standard InChI is InChI=1S/C11H10BrN3OS2/c12-9-3-6(1-2-8(9)10(13)17)14-4-7-5-18-11(16)15-7/h1-3,5,14H,4H2,(H2,13,17)(H,15,16). The lowest BCUT2D eigenvalue weighted by Crippen LogP contribution is -2.10. The maximum absolute atomic E-state index is 11.0. The molecule has 1 heterocycles. The zero-order valence-corrected chi connectivity index (χ0v) is 12.4. The van der Waals surface area contributed by atoms with Crippen LogP contribution < -0.4 is 15.9 Å². The Morgan fingerprint density at radius 1 is 1.56 bits per heavy atom. The van der Waals surface area contributed by atoms with Crippen molar-refractivity contribution < 1.29 is 0 Å². The smallest absolute Gasteiger partial charge is 0.304 e. The largest absolute Gasteiger partial charge is 0.389 e. The lowest BCUT2D eigenvalue weighted by atomic mass is 10.2. The highest BCUT2D eigenvalue weighted by atomic mass is 79.9. The lowest BCUT2D eigenvalue weighted by Gasteiger charge is -2.08. The molecule has 1 aromatic heterocycles. The van der Waals surface area contributed by atoms with Gasteiger partial charge in [0, 0.05) is 26.8 Å². The topological polar surface area (TPSA) is 70.9 Å². The first-order valence-corrected chi connectivity index (χ1v) is 7.14. The Kier molecular flexibility index (Phi) is 4.15. The van der Waals surface area contributed by atoms with Gasteiger partial charge >= 0.3 is 4.87 Å². The summed E-state index contributed by atoms with van der Waals surface area (Å²) in [6.45, 7) is 0.567. The molecule has 7 heteroatoms. The summed E-state index contributed by atoms with van der Waals surface area (Å²) in [4.78, 5) is 14.0. The number of hydrogen-bond acceptors (Lipinski definition) is 4. The van der Waals surface area contributed by atoms with Crippen LogP contribution in [0.1, 0.15) is 11.3 Å². The molecule has 2 rings (SSSR count). The molecule has 4 nitrogen and oxygen atoms in total. The molecule has 0 amide bonds. The van der Waals surface area contributed by atoms with Gasteiger partial charge in [-0.3, -0.25) is 4.79 Å². The van der Waals surface area contributed by atoms with Crippen molar-refractivity contribution in [1.29, 1.82) is 0 Å². The van der Waals surface area contributed by atoms with E-state index in [-0.39, 0.29) is 4.87 Å². The Bertz CT molecular complexity index is 635. The van der Waals surface area contributed by atoms with E-state index in [1.807, 2.05) is 18.2 Å². The maximum atomic E-state index is 11.0. The van der Waals surface area contributed by atoms with Crippen molar-refractivity contribution in [1.82, 2.24) is 4.98 Å². The molecule has 0 aliphatic heterocycles. The van der Waals surface area contributed by atoms with Crippen molar-refractivity contribution in [2.75, 3.05) is 5.32 Å². The fourth-order valence-corrected chi connectivity index (χ4v) is 2.91. The van der Waals surface area contributed by atoms with Crippen LogP contribution in [0, 0.1) is 0 Å². The number of benzene rings is 1. The second-order valence-electron chi connectivity index (χ2n) is 3.59. The van der Waals surface area contributed by atoms with Gasteiger partial charge in [0.05, 0.1) is 6.54 Å². The van der Waals surface area contributed by atoms with Gasteiger partial charge in [0.15, 0.2) is 0 Å². The zero-order valence-electron chi connectivity index (χ0n) is 9.20. The molecular weight excluding hydrogens is 334 g/mol. The normalized spacial score (nSPS) is 10.3. The summed E-state index contributed by atoms with van der Waals surface area (Å²) in [7, 11) is 0. The molecule has 0 atom stereocenters. The first kappa shape index (κ1) is 13.3. The van der Waals surface area contributed by atoms with Crippen molar-refractivity contribution in [3.05, 3.63) is 49.0 Å². The van der Waals surface area contributed by atoms with Crippen LogP contribution in [0.4, 0.5) is 5.69 Å². The third kappa shape index (κ3) is 3.18.